The Morgan fingerprint density at radius 1 is 1.25 bits per heavy atom. The topological polar surface area (TPSA) is 66.4 Å². The molecule has 0 radical (unpaired) electrons. The second-order valence-electron chi connectivity index (χ2n) is 5.96. The SMILES string of the molecule is O=C(N/C=C/c1cc(Br)cc(Br)c1)C(C[P+](=O)O)c1csc2ccc(Cl)cc12. The van der Waals surface area contributed by atoms with Crippen molar-refractivity contribution in [3.05, 3.63) is 73.1 Å². The first-order valence-electron chi connectivity index (χ1n) is 8.06. The lowest BCUT2D eigenvalue weighted by Crippen LogP contribution is -2.26. The van der Waals surface area contributed by atoms with Gasteiger partial charge >= 0.3 is 8.03 Å². The molecule has 0 spiro atoms. The third-order valence-corrected chi connectivity index (χ3v) is 6.79. The molecular weight excluding hydrogens is 549 g/mol. The third kappa shape index (κ3) is 5.50. The summed E-state index contributed by atoms with van der Waals surface area (Å²) in [5.41, 5.74) is 1.59. The second-order valence-corrected chi connectivity index (χ2v) is 10.2. The van der Waals surface area contributed by atoms with E-state index in [4.69, 9.17) is 11.6 Å². The standard InChI is InChI=1S/C19H13Br2ClNO3PS/c20-12-5-11(6-13(21)7-12)3-4-23-19(24)16(9-27(25)26)17-10-28-18-2-1-14(22)8-15(17)18/h1-8,10,16H,9H2,(H-,23,24,25,26)/p+1/b4-3+. The van der Waals surface area contributed by atoms with Gasteiger partial charge in [-0.25, -0.2) is 0 Å². The van der Waals surface area contributed by atoms with Crippen LogP contribution >= 0.6 is 62.8 Å². The molecule has 2 N–H and O–H groups in total. The molecule has 3 rings (SSSR count). The molecule has 1 aromatic heterocycles. The zero-order chi connectivity index (χ0) is 20.3. The molecule has 0 aliphatic heterocycles. The molecule has 28 heavy (non-hydrogen) atoms. The van der Waals surface area contributed by atoms with Gasteiger partial charge < -0.3 is 5.32 Å². The number of hydrogen-bond donors (Lipinski definition) is 2. The molecule has 0 fully saturated rings. The van der Waals surface area contributed by atoms with Crippen LogP contribution in [0.4, 0.5) is 0 Å². The minimum absolute atomic E-state index is 0.157. The Bertz CT molecular complexity index is 1070. The van der Waals surface area contributed by atoms with Gasteiger partial charge in [-0.15, -0.1) is 11.3 Å². The number of amides is 1. The van der Waals surface area contributed by atoms with E-state index in [1.165, 1.54) is 17.5 Å². The van der Waals surface area contributed by atoms with Crippen LogP contribution in [0.15, 0.2) is 56.9 Å². The summed E-state index contributed by atoms with van der Waals surface area (Å²) < 4.78 is 14.3. The molecule has 0 saturated heterocycles. The largest absolute Gasteiger partial charge is 0.506 e. The van der Waals surface area contributed by atoms with Crippen LogP contribution in [0.2, 0.25) is 5.02 Å². The van der Waals surface area contributed by atoms with Crippen LogP contribution in [0.1, 0.15) is 17.0 Å². The van der Waals surface area contributed by atoms with Crippen molar-refractivity contribution in [1.29, 1.82) is 0 Å². The Labute approximate surface area is 188 Å². The van der Waals surface area contributed by atoms with E-state index in [0.29, 0.717) is 10.6 Å². The van der Waals surface area contributed by atoms with Gasteiger partial charge in [0, 0.05) is 24.9 Å². The van der Waals surface area contributed by atoms with Gasteiger partial charge in [-0.05, 0) is 68.9 Å². The molecule has 144 valence electrons. The fraction of sp³-hybridized carbons (Fsp3) is 0.105. The molecule has 1 amide bonds. The lowest BCUT2D eigenvalue weighted by molar-refractivity contribution is -0.121. The van der Waals surface area contributed by atoms with Gasteiger partial charge in [0.2, 0.25) is 5.91 Å². The minimum atomic E-state index is -2.48. The summed E-state index contributed by atoms with van der Waals surface area (Å²) in [4.78, 5) is 22.2. The Morgan fingerprint density at radius 3 is 2.64 bits per heavy atom. The predicted molar refractivity (Wildman–Crippen MR) is 123 cm³/mol. The summed E-state index contributed by atoms with van der Waals surface area (Å²) in [6.45, 7) is 0. The molecule has 4 nitrogen and oxygen atoms in total. The fourth-order valence-electron chi connectivity index (χ4n) is 2.76. The first-order valence-corrected chi connectivity index (χ1v) is 12.3. The summed E-state index contributed by atoms with van der Waals surface area (Å²) in [7, 11) is -2.48. The lowest BCUT2D eigenvalue weighted by atomic mass is 9.99. The molecule has 2 unspecified atom stereocenters. The van der Waals surface area contributed by atoms with Crippen molar-refractivity contribution in [2.75, 3.05) is 6.16 Å². The van der Waals surface area contributed by atoms with Crippen LogP contribution in [0.5, 0.6) is 0 Å². The number of rotatable bonds is 6. The van der Waals surface area contributed by atoms with E-state index >= 15 is 0 Å². The average Bonchev–Trinajstić information content (AvgIpc) is 3.01. The van der Waals surface area contributed by atoms with E-state index in [9.17, 15) is 14.3 Å². The maximum absolute atomic E-state index is 12.8. The van der Waals surface area contributed by atoms with Crippen molar-refractivity contribution >= 4 is 84.9 Å². The molecule has 0 bridgehead atoms. The lowest BCUT2D eigenvalue weighted by Gasteiger charge is -2.10. The highest BCUT2D eigenvalue weighted by atomic mass is 79.9. The van der Waals surface area contributed by atoms with Crippen molar-refractivity contribution < 1.29 is 14.3 Å². The molecule has 9 heteroatoms. The fourth-order valence-corrected chi connectivity index (χ4v) is 5.93. The molecule has 0 aliphatic carbocycles. The van der Waals surface area contributed by atoms with Crippen LogP contribution in [-0.2, 0) is 9.36 Å². The van der Waals surface area contributed by atoms with Gasteiger partial charge in [-0.3, -0.25) is 4.79 Å². The number of hydrogen-bond acceptors (Lipinski definition) is 3. The number of thiophene rings is 1. The van der Waals surface area contributed by atoms with Crippen molar-refractivity contribution in [2.24, 2.45) is 0 Å². The van der Waals surface area contributed by atoms with E-state index < -0.39 is 13.9 Å². The number of carbonyl (C=O) groups is 1. The molecule has 2 atom stereocenters. The van der Waals surface area contributed by atoms with E-state index in [1.54, 1.807) is 18.2 Å². The molecule has 0 saturated carbocycles. The van der Waals surface area contributed by atoms with Gasteiger partial charge in [0.05, 0.1) is 0 Å². The highest BCUT2D eigenvalue weighted by Crippen LogP contribution is 2.36. The quantitative estimate of drug-likeness (QED) is 0.329. The normalized spacial score (nSPS) is 13.1. The van der Waals surface area contributed by atoms with Gasteiger partial charge in [0.1, 0.15) is 5.92 Å². The maximum Gasteiger partial charge on any atom is 0.506 e. The van der Waals surface area contributed by atoms with Crippen LogP contribution in [0.3, 0.4) is 0 Å². The van der Waals surface area contributed by atoms with Gasteiger partial charge in [0.25, 0.3) is 0 Å². The minimum Gasteiger partial charge on any atom is -0.332 e. The second kappa shape index (κ2) is 9.61. The van der Waals surface area contributed by atoms with Gasteiger partial charge in [-0.2, -0.15) is 4.89 Å². The summed E-state index contributed by atoms with van der Waals surface area (Å²) in [6.07, 6.45) is 3.14. The third-order valence-electron chi connectivity index (χ3n) is 3.98. The Morgan fingerprint density at radius 2 is 1.96 bits per heavy atom. The van der Waals surface area contributed by atoms with Crippen molar-refractivity contribution in [2.45, 2.75) is 5.92 Å². The predicted octanol–water partition coefficient (Wildman–Crippen LogP) is 6.69. The van der Waals surface area contributed by atoms with Crippen molar-refractivity contribution in [1.82, 2.24) is 5.32 Å². The average molecular weight is 563 g/mol. The number of halogens is 3. The van der Waals surface area contributed by atoms with Crippen LogP contribution < -0.4 is 5.32 Å². The van der Waals surface area contributed by atoms with Crippen LogP contribution in [0.25, 0.3) is 16.2 Å². The Balaban J connectivity index is 1.84. The van der Waals surface area contributed by atoms with E-state index in [1.807, 2.05) is 29.6 Å². The van der Waals surface area contributed by atoms with E-state index in [2.05, 4.69) is 37.2 Å². The number of fused-ring (bicyclic) bond motifs is 1. The number of benzene rings is 2. The van der Waals surface area contributed by atoms with Gasteiger partial charge in [0.15, 0.2) is 6.16 Å². The first kappa shape index (κ1) is 21.6. The molecular formula is C19H14Br2ClNO3PS+. The van der Waals surface area contributed by atoms with Crippen molar-refractivity contribution in [3.63, 3.8) is 0 Å². The number of nitrogens with one attached hydrogen (secondary N) is 1. The van der Waals surface area contributed by atoms with Crippen LogP contribution in [-0.4, -0.2) is 17.0 Å². The zero-order valence-corrected chi connectivity index (χ0v) is 19.9. The summed E-state index contributed by atoms with van der Waals surface area (Å²) in [5, 5.41) is 5.96. The first-order chi connectivity index (χ1) is 13.3. The maximum atomic E-state index is 12.8. The monoisotopic (exact) mass is 560 g/mol. The summed E-state index contributed by atoms with van der Waals surface area (Å²) in [6, 6.07) is 11.2. The van der Waals surface area contributed by atoms with Crippen LogP contribution in [0, 0.1) is 0 Å². The molecule has 3 aromatic rings. The van der Waals surface area contributed by atoms with E-state index in [0.717, 1.165) is 24.6 Å². The van der Waals surface area contributed by atoms with Gasteiger partial charge in [-0.1, -0.05) is 43.5 Å². The van der Waals surface area contributed by atoms with Crippen molar-refractivity contribution in [3.8, 4) is 0 Å². The molecule has 1 heterocycles. The highest BCUT2D eigenvalue weighted by Gasteiger charge is 2.31. The molecule has 0 aliphatic rings. The Hall–Kier alpha value is -1.08. The smallest absolute Gasteiger partial charge is 0.332 e. The highest BCUT2D eigenvalue weighted by molar-refractivity contribution is 9.11. The summed E-state index contributed by atoms with van der Waals surface area (Å²) in [5.74, 6) is -1.10. The summed E-state index contributed by atoms with van der Waals surface area (Å²) >= 11 is 14.4. The number of carbonyl (C=O) groups excluding carboxylic acids is 1. The molecule has 2 aromatic carbocycles. The Kier molecular flexibility index (Phi) is 7.42. The van der Waals surface area contributed by atoms with E-state index in [-0.39, 0.29) is 12.1 Å². The zero-order valence-electron chi connectivity index (χ0n) is 14.2.